The summed E-state index contributed by atoms with van der Waals surface area (Å²) >= 11 is 0. The monoisotopic (exact) mass is 344 g/mol. The Balaban J connectivity index is 1.67. The van der Waals surface area contributed by atoms with Crippen molar-refractivity contribution in [3.05, 3.63) is 46.3 Å². The third kappa shape index (κ3) is 4.02. The predicted molar refractivity (Wildman–Crippen MR) is 92.8 cm³/mol. The molecule has 0 saturated carbocycles. The Morgan fingerprint density at radius 2 is 2.08 bits per heavy atom. The Kier molecular flexibility index (Phi) is 5.38. The van der Waals surface area contributed by atoms with E-state index in [0.717, 1.165) is 36.3 Å². The van der Waals surface area contributed by atoms with Gasteiger partial charge in [0.05, 0.1) is 11.7 Å². The summed E-state index contributed by atoms with van der Waals surface area (Å²) in [7, 11) is 0. The van der Waals surface area contributed by atoms with Gasteiger partial charge in [0.1, 0.15) is 18.1 Å². The number of carbonyl (C=O) groups is 1. The lowest BCUT2D eigenvalue weighted by atomic mass is 10.1. The van der Waals surface area contributed by atoms with E-state index in [-0.39, 0.29) is 24.3 Å². The maximum absolute atomic E-state index is 12.4. The van der Waals surface area contributed by atoms with Crippen LogP contribution in [0, 0.1) is 20.8 Å². The molecule has 1 amide bonds. The molecule has 3 rings (SSSR count). The summed E-state index contributed by atoms with van der Waals surface area (Å²) in [6, 6.07) is 5.99. The van der Waals surface area contributed by atoms with Crippen molar-refractivity contribution in [3.63, 3.8) is 0 Å². The van der Waals surface area contributed by atoms with Crippen molar-refractivity contribution in [2.75, 3.05) is 13.2 Å². The third-order valence-corrected chi connectivity index (χ3v) is 4.48. The number of para-hydroxylation sites is 1. The number of ether oxygens (including phenoxy) is 2. The van der Waals surface area contributed by atoms with Gasteiger partial charge >= 0.3 is 0 Å². The van der Waals surface area contributed by atoms with Crippen molar-refractivity contribution in [2.24, 2.45) is 0 Å². The molecule has 1 aromatic carbocycles. The SMILES string of the molecule is Cc1cccc(C)c1OCc1c(C(=O)NCC2CCCO2)noc1C. The second-order valence-corrected chi connectivity index (χ2v) is 6.42. The van der Waals surface area contributed by atoms with Gasteiger partial charge in [0, 0.05) is 13.2 Å². The summed E-state index contributed by atoms with van der Waals surface area (Å²) in [5.41, 5.74) is 3.06. The fraction of sp³-hybridized carbons (Fsp3) is 0.474. The van der Waals surface area contributed by atoms with E-state index >= 15 is 0 Å². The Labute approximate surface area is 147 Å². The molecule has 6 heteroatoms. The van der Waals surface area contributed by atoms with Gasteiger partial charge in [-0.3, -0.25) is 4.79 Å². The molecule has 6 nitrogen and oxygen atoms in total. The van der Waals surface area contributed by atoms with Gasteiger partial charge in [-0.2, -0.15) is 0 Å². The molecule has 0 aliphatic carbocycles. The van der Waals surface area contributed by atoms with Crippen LogP contribution in [0.4, 0.5) is 0 Å². The van der Waals surface area contributed by atoms with Crippen LogP contribution in [-0.2, 0) is 11.3 Å². The quantitative estimate of drug-likeness (QED) is 0.872. The first-order valence-corrected chi connectivity index (χ1v) is 8.60. The number of amides is 1. The predicted octanol–water partition coefficient (Wildman–Crippen LogP) is 3.09. The minimum atomic E-state index is -0.257. The number of benzene rings is 1. The molecule has 1 aliphatic rings. The van der Waals surface area contributed by atoms with Gasteiger partial charge < -0.3 is 19.3 Å². The van der Waals surface area contributed by atoms with Gasteiger partial charge in [-0.25, -0.2) is 0 Å². The largest absolute Gasteiger partial charge is 0.488 e. The highest BCUT2D eigenvalue weighted by molar-refractivity contribution is 5.93. The van der Waals surface area contributed by atoms with Crippen molar-refractivity contribution < 1.29 is 18.8 Å². The second kappa shape index (κ2) is 7.70. The van der Waals surface area contributed by atoms with Gasteiger partial charge in [0.15, 0.2) is 5.69 Å². The van der Waals surface area contributed by atoms with Crippen molar-refractivity contribution in [2.45, 2.75) is 46.3 Å². The molecular weight excluding hydrogens is 320 g/mol. The van der Waals surface area contributed by atoms with E-state index in [9.17, 15) is 4.79 Å². The van der Waals surface area contributed by atoms with Crippen LogP contribution in [0.3, 0.4) is 0 Å². The summed E-state index contributed by atoms with van der Waals surface area (Å²) in [5, 5.41) is 6.78. The molecule has 25 heavy (non-hydrogen) atoms. The molecule has 0 radical (unpaired) electrons. The number of nitrogens with zero attached hydrogens (tertiary/aromatic N) is 1. The van der Waals surface area contributed by atoms with Crippen LogP contribution < -0.4 is 10.1 Å². The normalized spacial score (nSPS) is 16.8. The average Bonchev–Trinajstić information content (AvgIpc) is 3.22. The van der Waals surface area contributed by atoms with Gasteiger partial charge in [-0.1, -0.05) is 23.4 Å². The molecule has 2 heterocycles. The van der Waals surface area contributed by atoms with E-state index in [0.29, 0.717) is 17.9 Å². The minimum absolute atomic E-state index is 0.0891. The molecule has 1 unspecified atom stereocenters. The summed E-state index contributed by atoms with van der Waals surface area (Å²) in [5.74, 6) is 1.16. The summed E-state index contributed by atoms with van der Waals surface area (Å²) in [4.78, 5) is 12.4. The van der Waals surface area contributed by atoms with Gasteiger partial charge in [0.25, 0.3) is 5.91 Å². The van der Waals surface area contributed by atoms with Crippen LogP contribution in [0.5, 0.6) is 5.75 Å². The molecule has 0 bridgehead atoms. The molecule has 1 aliphatic heterocycles. The number of carbonyl (C=O) groups excluding carboxylic acids is 1. The highest BCUT2D eigenvalue weighted by Gasteiger charge is 2.23. The molecule has 1 aromatic heterocycles. The van der Waals surface area contributed by atoms with Crippen molar-refractivity contribution in [3.8, 4) is 5.75 Å². The first-order chi connectivity index (χ1) is 12.1. The van der Waals surface area contributed by atoms with E-state index in [1.165, 1.54) is 0 Å². The van der Waals surface area contributed by atoms with Crippen LogP contribution in [0.25, 0.3) is 0 Å². The molecule has 1 N–H and O–H groups in total. The molecule has 1 saturated heterocycles. The van der Waals surface area contributed by atoms with E-state index in [4.69, 9.17) is 14.0 Å². The molecular formula is C19H24N2O4. The zero-order valence-corrected chi connectivity index (χ0v) is 14.9. The summed E-state index contributed by atoms with van der Waals surface area (Å²) in [6.45, 7) is 7.27. The van der Waals surface area contributed by atoms with Crippen LogP contribution in [0.1, 0.15) is 45.8 Å². The maximum atomic E-state index is 12.4. The number of hydrogen-bond acceptors (Lipinski definition) is 5. The lowest BCUT2D eigenvalue weighted by Crippen LogP contribution is -2.32. The molecule has 1 atom stereocenters. The Hall–Kier alpha value is -2.34. The maximum Gasteiger partial charge on any atom is 0.273 e. The Bertz CT molecular complexity index is 728. The topological polar surface area (TPSA) is 73.6 Å². The second-order valence-electron chi connectivity index (χ2n) is 6.42. The van der Waals surface area contributed by atoms with Crippen molar-refractivity contribution >= 4 is 5.91 Å². The standard InChI is InChI=1S/C19H24N2O4/c1-12-6-4-7-13(2)18(12)24-11-16-14(3)25-21-17(16)19(22)20-10-15-8-5-9-23-15/h4,6-7,15H,5,8-11H2,1-3H3,(H,20,22). The van der Waals surface area contributed by atoms with Crippen molar-refractivity contribution in [1.29, 1.82) is 0 Å². The lowest BCUT2D eigenvalue weighted by molar-refractivity contribution is 0.0848. The van der Waals surface area contributed by atoms with Gasteiger partial charge in [-0.15, -0.1) is 0 Å². The van der Waals surface area contributed by atoms with E-state index < -0.39 is 0 Å². The number of rotatable bonds is 6. The number of nitrogens with one attached hydrogen (secondary N) is 1. The Morgan fingerprint density at radius 1 is 1.32 bits per heavy atom. The fourth-order valence-electron chi connectivity index (χ4n) is 3.01. The van der Waals surface area contributed by atoms with E-state index in [1.54, 1.807) is 6.92 Å². The smallest absolute Gasteiger partial charge is 0.273 e. The molecule has 0 spiro atoms. The van der Waals surface area contributed by atoms with Gasteiger partial charge in [0.2, 0.25) is 0 Å². The Morgan fingerprint density at radius 3 is 2.76 bits per heavy atom. The zero-order valence-electron chi connectivity index (χ0n) is 14.9. The average molecular weight is 344 g/mol. The summed E-state index contributed by atoms with van der Waals surface area (Å²) < 4.78 is 16.7. The zero-order chi connectivity index (χ0) is 17.8. The third-order valence-electron chi connectivity index (χ3n) is 4.48. The number of aromatic nitrogens is 1. The molecule has 1 fully saturated rings. The highest BCUT2D eigenvalue weighted by atomic mass is 16.5. The van der Waals surface area contributed by atoms with Crippen LogP contribution in [0.15, 0.2) is 22.7 Å². The fourth-order valence-corrected chi connectivity index (χ4v) is 3.01. The summed E-state index contributed by atoms with van der Waals surface area (Å²) in [6.07, 6.45) is 2.10. The van der Waals surface area contributed by atoms with Gasteiger partial charge in [-0.05, 0) is 44.7 Å². The highest BCUT2D eigenvalue weighted by Crippen LogP contribution is 2.25. The molecule has 134 valence electrons. The lowest BCUT2D eigenvalue weighted by Gasteiger charge is -2.13. The first-order valence-electron chi connectivity index (χ1n) is 8.60. The van der Waals surface area contributed by atoms with E-state index in [1.807, 2.05) is 32.0 Å². The van der Waals surface area contributed by atoms with Crippen LogP contribution in [-0.4, -0.2) is 30.3 Å². The molecule has 2 aromatic rings. The van der Waals surface area contributed by atoms with Crippen molar-refractivity contribution in [1.82, 2.24) is 10.5 Å². The van der Waals surface area contributed by atoms with Crippen LogP contribution >= 0.6 is 0 Å². The number of aryl methyl sites for hydroxylation is 3. The number of hydrogen-bond donors (Lipinski definition) is 1. The minimum Gasteiger partial charge on any atom is -0.488 e. The first kappa shape index (κ1) is 17.5. The van der Waals surface area contributed by atoms with Crippen LogP contribution in [0.2, 0.25) is 0 Å². The van der Waals surface area contributed by atoms with E-state index in [2.05, 4.69) is 10.5 Å².